The van der Waals surface area contributed by atoms with Gasteiger partial charge in [-0.25, -0.2) is 0 Å². The first-order valence-electron chi connectivity index (χ1n) is 7.93. The molecule has 0 radical (unpaired) electrons. The highest BCUT2D eigenvalue weighted by Gasteiger charge is 2.39. The van der Waals surface area contributed by atoms with Crippen molar-refractivity contribution in [1.82, 2.24) is 5.32 Å². The third-order valence-corrected chi connectivity index (χ3v) is 5.28. The number of hydrogen-bond acceptors (Lipinski definition) is 2. The quantitative estimate of drug-likeness (QED) is 0.899. The highest BCUT2D eigenvalue weighted by atomic mass is 35.5. The summed E-state index contributed by atoms with van der Waals surface area (Å²) in [5.41, 5.74) is 6.85. The Labute approximate surface area is 131 Å². The third-order valence-electron chi connectivity index (χ3n) is 5.04. The van der Waals surface area contributed by atoms with E-state index in [-0.39, 0.29) is 23.4 Å². The molecule has 2 saturated carbocycles. The van der Waals surface area contributed by atoms with Gasteiger partial charge in [0, 0.05) is 17.0 Å². The van der Waals surface area contributed by atoms with E-state index in [0.717, 1.165) is 55.5 Å². The second-order valence-electron chi connectivity index (χ2n) is 6.56. The van der Waals surface area contributed by atoms with Gasteiger partial charge in [-0.1, -0.05) is 36.6 Å². The summed E-state index contributed by atoms with van der Waals surface area (Å²) < 4.78 is 0. The van der Waals surface area contributed by atoms with Crippen molar-refractivity contribution in [1.29, 1.82) is 0 Å². The Morgan fingerprint density at radius 1 is 1.29 bits per heavy atom. The molecule has 0 aliphatic heterocycles. The van der Waals surface area contributed by atoms with Crippen LogP contribution in [0.3, 0.4) is 0 Å². The zero-order valence-corrected chi connectivity index (χ0v) is 13.0. The predicted molar refractivity (Wildman–Crippen MR) is 85.1 cm³/mol. The fraction of sp³-hybridized carbons (Fsp3) is 0.588. The van der Waals surface area contributed by atoms with E-state index in [0.29, 0.717) is 0 Å². The molecule has 2 unspecified atom stereocenters. The number of halogens is 1. The van der Waals surface area contributed by atoms with Gasteiger partial charge in [-0.2, -0.15) is 0 Å². The standard InChI is InChI=1S/C17H23ClN2O/c18-14-5-3-4-13(11-14)17(8-1-2-9-17)20-16(21)12-6-7-15(19)10-12/h3-5,11-12,15H,1-2,6-10,19H2,(H,20,21). The topological polar surface area (TPSA) is 55.1 Å². The molecular weight excluding hydrogens is 284 g/mol. The lowest BCUT2D eigenvalue weighted by Crippen LogP contribution is -2.46. The van der Waals surface area contributed by atoms with Gasteiger partial charge in [0.05, 0.1) is 5.54 Å². The summed E-state index contributed by atoms with van der Waals surface area (Å²) in [6, 6.07) is 8.11. The van der Waals surface area contributed by atoms with Gasteiger partial charge in [-0.15, -0.1) is 0 Å². The minimum absolute atomic E-state index is 0.0802. The largest absolute Gasteiger partial charge is 0.346 e. The Morgan fingerprint density at radius 2 is 2.05 bits per heavy atom. The summed E-state index contributed by atoms with van der Waals surface area (Å²) >= 11 is 6.14. The van der Waals surface area contributed by atoms with E-state index in [1.807, 2.05) is 18.2 Å². The molecule has 2 aliphatic rings. The molecule has 4 heteroatoms. The van der Waals surface area contributed by atoms with Crippen molar-refractivity contribution in [2.24, 2.45) is 11.7 Å². The number of benzene rings is 1. The van der Waals surface area contributed by atoms with E-state index in [1.165, 1.54) is 0 Å². The summed E-state index contributed by atoms with van der Waals surface area (Å²) in [6.45, 7) is 0. The number of carbonyl (C=O) groups is 1. The van der Waals surface area contributed by atoms with Crippen LogP contribution < -0.4 is 11.1 Å². The van der Waals surface area contributed by atoms with Crippen LogP contribution in [0.25, 0.3) is 0 Å². The molecule has 3 N–H and O–H groups in total. The van der Waals surface area contributed by atoms with Crippen LogP contribution in [0.2, 0.25) is 5.02 Å². The minimum atomic E-state index is -0.228. The number of hydrogen-bond donors (Lipinski definition) is 2. The highest BCUT2D eigenvalue weighted by Crippen LogP contribution is 2.40. The van der Waals surface area contributed by atoms with E-state index < -0.39 is 0 Å². The lowest BCUT2D eigenvalue weighted by Gasteiger charge is -2.32. The fourth-order valence-corrected chi connectivity index (χ4v) is 4.03. The van der Waals surface area contributed by atoms with Gasteiger partial charge < -0.3 is 11.1 Å². The Bertz CT molecular complexity index is 525. The molecule has 21 heavy (non-hydrogen) atoms. The molecule has 1 amide bonds. The van der Waals surface area contributed by atoms with E-state index in [9.17, 15) is 4.79 Å². The van der Waals surface area contributed by atoms with Crippen LogP contribution in [0.4, 0.5) is 0 Å². The van der Waals surface area contributed by atoms with Gasteiger partial charge in [-0.3, -0.25) is 4.79 Å². The lowest BCUT2D eigenvalue weighted by atomic mass is 9.87. The highest BCUT2D eigenvalue weighted by molar-refractivity contribution is 6.30. The Hall–Kier alpha value is -1.06. The normalized spacial score (nSPS) is 27.7. The number of nitrogens with one attached hydrogen (secondary N) is 1. The molecule has 0 bridgehead atoms. The monoisotopic (exact) mass is 306 g/mol. The second kappa shape index (κ2) is 5.98. The van der Waals surface area contributed by atoms with Crippen LogP contribution in [0, 0.1) is 5.92 Å². The van der Waals surface area contributed by atoms with Gasteiger partial charge >= 0.3 is 0 Å². The van der Waals surface area contributed by atoms with Crippen LogP contribution >= 0.6 is 11.6 Å². The van der Waals surface area contributed by atoms with Gasteiger partial charge in [-0.05, 0) is 49.8 Å². The molecule has 2 fully saturated rings. The zero-order valence-electron chi connectivity index (χ0n) is 12.3. The van der Waals surface area contributed by atoms with Crippen LogP contribution in [-0.2, 0) is 10.3 Å². The SMILES string of the molecule is NC1CCC(C(=O)NC2(c3cccc(Cl)c3)CCCC2)C1. The van der Waals surface area contributed by atoms with Crippen molar-refractivity contribution in [3.8, 4) is 0 Å². The summed E-state index contributed by atoms with van der Waals surface area (Å²) in [7, 11) is 0. The van der Waals surface area contributed by atoms with Crippen molar-refractivity contribution in [2.75, 3.05) is 0 Å². The van der Waals surface area contributed by atoms with Crippen molar-refractivity contribution in [3.63, 3.8) is 0 Å². The maximum Gasteiger partial charge on any atom is 0.223 e. The Morgan fingerprint density at radius 3 is 2.67 bits per heavy atom. The summed E-state index contributed by atoms with van der Waals surface area (Å²) in [5.74, 6) is 0.251. The van der Waals surface area contributed by atoms with Crippen LogP contribution in [0.1, 0.15) is 50.5 Å². The number of carbonyl (C=O) groups excluding carboxylic acids is 1. The summed E-state index contributed by atoms with van der Waals surface area (Å²) in [6.07, 6.45) is 6.99. The third kappa shape index (κ3) is 3.09. The molecule has 2 aliphatic carbocycles. The van der Waals surface area contributed by atoms with Crippen molar-refractivity contribution in [3.05, 3.63) is 34.9 Å². The molecule has 0 spiro atoms. The van der Waals surface area contributed by atoms with Gasteiger partial charge in [0.15, 0.2) is 0 Å². The molecule has 3 rings (SSSR count). The molecule has 0 aromatic heterocycles. The molecule has 1 aromatic carbocycles. The lowest BCUT2D eigenvalue weighted by molar-refractivity contribution is -0.127. The van der Waals surface area contributed by atoms with Gasteiger partial charge in [0.1, 0.15) is 0 Å². The molecule has 1 aromatic rings. The van der Waals surface area contributed by atoms with E-state index >= 15 is 0 Å². The predicted octanol–water partition coefficient (Wildman–Crippen LogP) is 3.35. The van der Waals surface area contributed by atoms with Crippen molar-refractivity contribution in [2.45, 2.75) is 56.5 Å². The summed E-state index contributed by atoms with van der Waals surface area (Å²) in [4.78, 5) is 12.6. The first-order valence-corrected chi connectivity index (χ1v) is 8.30. The van der Waals surface area contributed by atoms with Gasteiger partial charge in [0.25, 0.3) is 0 Å². The molecule has 114 valence electrons. The molecule has 0 heterocycles. The summed E-state index contributed by atoms with van der Waals surface area (Å²) in [5, 5.41) is 4.08. The minimum Gasteiger partial charge on any atom is -0.346 e. The maximum atomic E-state index is 12.6. The Kier molecular flexibility index (Phi) is 4.23. The fourth-order valence-electron chi connectivity index (χ4n) is 3.84. The number of nitrogens with two attached hydrogens (primary N) is 1. The van der Waals surface area contributed by atoms with Crippen molar-refractivity contribution < 1.29 is 4.79 Å². The molecule has 2 atom stereocenters. The smallest absolute Gasteiger partial charge is 0.223 e. The number of amides is 1. The molecule has 0 saturated heterocycles. The molecule has 3 nitrogen and oxygen atoms in total. The van der Waals surface area contributed by atoms with Crippen LogP contribution in [0.15, 0.2) is 24.3 Å². The number of rotatable bonds is 3. The van der Waals surface area contributed by atoms with Crippen LogP contribution in [-0.4, -0.2) is 11.9 Å². The molecular formula is C17H23ClN2O. The maximum absolute atomic E-state index is 12.6. The first kappa shape index (κ1) is 14.9. The van der Waals surface area contributed by atoms with E-state index in [4.69, 9.17) is 17.3 Å². The Balaban J connectivity index is 1.80. The second-order valence-corrected chi connectivity index (χ2v) is 7.00. The van der Waals surface area contributed by atoms with E-state index in [2.05, 4.69) is 11.4 Å². The van der Waals surface area contributed by atoms with Gasteiger partial charge in [0.2, 0.25) is 5.91 Å². The zero-order chi connectivity index (χ0) is 14.9. The van der Waals surface area contributed by atoms with E-state index in [1.54, 1.807) is 0 Å². The average molecular weight is 307 g/mol. The van der Waals surface area contributed by atoms with Crippen molar-refractivity contribution >= 4 is 17.5 Å². The first-order chi connectivity index (χ1) is 10.1. The average Bonchev–Trinajstić information content (AvgIpc) is 3.09. The van der Waals surface area contributed by atoms with Crippen LogP contribution in [0.5, 0.6) is 0 Å².